The van der Waals surface area contributed by atoms with Crippen LogP contribution in [0.25, 0.3) is 0 Å². The smallest absolute Gasteiger partial charge is 0.259 e. The van der Waals surface area contributed by atoms with Crippen LogP contribution in [0.4, 0.5) is 4.39 Å². The molecule has 2 aromatic carbocycles. The van der Waals surface area contributed by atoms with E-state index in [1.165, 1.54) is 18.2 Å². The zero-order valence-corrected chi connectivity index (χ0v) is 15.4. The van der Waals surface area contributed by atoms with Gasteiger partial charge in [-0.05, 0) is 67.8 Å². The van der Waals surface area contributed by atoms with E-state index in [-0.39, 0.29) is 17.1 Å². The lowest BCUT2D eigenvalue weighted by Crippen LogP contribution is -2.24. The number of rotatable bonds is 4. The lowest BCUT2D eigenvalue weighted by atomic mass is 10.1. The highest BCUT2D eigenvalue weighted by Gasteiger charge is 2.17. The Labute approximate surface area is 157 Å². The van der Waals surface area contributed by atoms with Crippen molar-refractivity contribution in [1.82, 2.24) is 5.32 Å². The molecule has 0 fully saturated rings. The van der Waals surface area contributed by atoms with Crippen molar-refractivity contribution >= 4 is 11.7 Å². The second kappa shape index (κ2) is 7.58. The normalized spacial score (nSPS) is 13.3. The maximum Gasteiger partial charge on any atom is 0.259 e. The van der Waals surface area contributed by atoms with Gasteiger partial charge in [-0.2, -0.15) is 0 Å². The first-order valence-electron chi connectivity index (χ1n) is 8.61. The van der Waals surface area contributed by atoms with Crippen LogP contribution >= 0.6 is 0 Å². The van der Waals surface area contributed by atoms with Crippen molar-refractivity contribution in [2.45, 2.75) is 27.2 Å². The van der Waals surface area contributed by atoms with Crippen LogP contribution < -0.4 is 10.1 Å². The van der Waals surface area contributed by atoms with Gasteiger partial charge >= 0.3 is 0 Å². The predicted molar refractivity (Wildman–Crippen MR) is 101 cm³/mol. The van der Waals surface area contributed by atoms with Gasteiger partial charge in [0.1, 0.15) is 17.3 Å². The van der Waals surface area contributed by atoms with Gasteiger partial charge in [0.05, 0.1) is 5.56 Å². The van der Waals surface area contributed by atoms with Crippen LogP contribution in [-0.4, -0.2) is 11.7 Å². The predicted octanol–water partition coefficient (Wildman–Crippen LogP) is 4.69. The minimum absolute atomic E-state index is 0.0564. The van der Waals surface area contributed by atoms with Crippen LogP contribution in [0.3, 0.4) is 0 Å². The van der Waals surface area contributed by atoms with Crippen LogP contribution in [0.5, 0.6) is 11.5 Å². The topological polar surface area (TPSA) is 55.4 Å². The van der Waals surface area contributed by atoms with E-state index in [0.717, 1.165) is 22.8 Å². The molecular weight excluding hydrogens is 345 g/mol. The SMILES string of the molecule is Cc1cc(C)c(C)c(Oc2ccc(F)cc2C(=O)NC2=CC(=O)CC=C2)c1. The van der Waals surface area contributed by atoms with Gasteiger partial charge in [-0.3, -0.25) is 9.59 Å². The lowest BCUT2D eigenvalue weighted by molar-refractivity contribution is -0.113. The number of nitrogens with one attached hydrogen (secondary N) is 1. The molecule has 1 amide bonds. The van der Waals surface area contributed by atoms with Gasteiger partial charge in [-0.25, -0.2) is 4.39 Å². The molecule has 0 saturated heterocycles. The summed E-state index contributed by atoms with van der Waals surface area (Å²) in [5.74, 6) is -0.339. The second-order valence-electron chi connectivity index (χ2n) is 6.57. The molecule has 0 aliphatic heterocycles. The monoisotopic (exact) mass is 365 g/mol. The fraction of sp³-hybridized carbons (Fsp3) is 0.182. The van der Waals surface area contributed by atoms with Crippen LogP contribution in [0.15, 0.2) is 54.3 Å². The fourth-order valence-electron chi connectivity index (χ4n) is 2.85. The van der Waals surface area contributed by atoms with E-state index < -0.39 is 11.7 Å². The molecule has 0 spiro atoms. The molecule has 0 saturated carbocycles. The minimum Gasteiger partial charge on any atom is -0.456 e. The van der Waals surface area contributed by atoms with Crippen molar-refractivity contribution in [3.8, 4) is 11.5 Å². The van der Waals surface area contributed by atoms with Gasteiger partial charge in [0, 0.05) is 18.2 Å². The summed E-state index contributed by atoms with van der Waals surface area (Å²) in [7, 11) is 0. The molecule has 0 aromatic heterocycles. The zero-order chi connectivity index (χ0) is 19.6. The van der Waals surface area contributed by atoms with Gasteiger partial charge in [0.25, 0.3) is 5.91 Å². The molecule has 0 radical (unpaired) electrons. The summed E-state index contributed by atoms with van der Waals surface area (Å²) in [4.78, 5) is 24.1. The molecule has 1 N–H and O–H groups in total. The lowest BCUT2D eigenvalue weighted by Gasteiger charge is -2.15. The summed E-state index contributed by atoms with van der Waals surface area (Å²) in [5.41, 5.74) is 3.46. The number of carbonyl (C=O) groups excluding carboxylic acids is 2. The van der Waals surface area contributed by atoms with E-state index in [9.17, 15) is 14.0 Å². The summed E-state index contributed by atoms with van der Waals surface area (Å²) < 4.78 is 19.7. The maximum atomic E-state index is 13.8. The fourth-order valence-corrected chi connectivity index (χ4v) is 2.85. The Morgan fingerprint density at radius 3 is 2.63 bits per heavy atom. The first-order valence-corrected chi connectivity index (χ1v) is 8.61. The van der Waals surface area contributed by atoms with E-state index in [1.807, 2.05) is 32.9 Å². The highest BCUT2D eigenvalue weighted by atomic mass is 19.1. The van der Waals surface area contributed by atoms with Crippen molar-refractivity contribution in [2.75, 3.05) is 0 Å². The number of hydrogen-bond donors (Lipinski definition) is 1. The van der Waals surface area contributed by atoms with Crippen LogP contribution in [0.1, 0.15) is 33.5 Å². The molecule has 1 aliphatic carbocycles. The molecule has 2 aromatic rings. The summed E-state index contributed by atoms with van der Waals surface area (Å²) in [6.07, 6.45) is 4.97. The minimum atomic E-state index is -0.547. The number of benzene rings is 2. The summed E-state index contributed by atoms with van der Waals surface area (Å²) >= 11 is 0. The van der Waals surface area contributed by atoms with Crippen molar-refractivity contribution < 1.29 is 18.7 Å². The molecule has 0 unspecified atom stereocenters. The van der Waals surface area contributed by atoms with Gasteiger partial charge in [0.15, 0.2) is 5.78 Å². The van der Waals surface area contributed by atoms with Gasteiger partial charge in [0.2, 0.25) is 0 Å². The number of hydrogen-bond acceptors (Lipinski definition) is 3. The summed E-state index contributed by atoms with van der Waals surface area (Å²) in [6.45, 7) is 5.86. The molecule has 5 heteroatoms. The van der Waals surface area contributed by atoms with E-state index in [1.54, 1.807) is 12.2 Å². The van der Waals surface area contributed by atoms with Gasteiger partial charge in [-0.15, -0.1) is 0 Å². The molecule has 0 bridgehead atoms. The Hall–Kier alpha value is -3.21. The summed E-state index contributed by atoms with van der Waals surface area (Å²) in [5, 5.41) is 2.62. The van der Waals surface area contributed by atoms with Crippen LogP contribution in [0.2, 0.25) is 0 Å². The van der Waals surface area contributed by atoms with Crippen molar-refractivity contribution in [1.29, 1.82) is 0 Å². The number of halogens is 1. The average Bonchev–Trinajstić information content (AvgIpc) is 2.60. The molecule has 3 rings (SSSR count). The molecule has 4 nitrogen and oxygen atoms in total. The molecule has 0 heterocycles. The number of allylic oxidation sites excluding steroid dienone is 3. The quantitative estimate of drug-likeness (QED) is 0.855. The standard InChI is InChI=1S/C22H20FNO3/c1-13-9-14(2)15(3)21(10-13)27-20-8-7-16(23)11-19(20)22(26)24-17-5-4-6-18(25)12-17/h4-5,7-12H,6H2,1-3H3,(H,24,26). The van der Waals surface area contributed by atoms with Crippen molar-refractivity contribution in [3.63, 3.8) is 0 Å². The number of amides is 1. The third kappa shape index (κ3) is 4.31. The Kier molecular flexibility index (Phi) is 5.21. The zero-order valence-electron chi connectivity index (χ0n) is 15.4. The number of ketones is 1. The molecule has 0 atom stereocenters. The third-order valence-corrected chi connectivity index (χ3v) is 4.36. The number of aryl methyl sites for hydroxylation is 2. The Morgan fingerprint density at radius 2 is 1.89 bits per heavy atom. The maximum absolute atomic E-state index is 13.8. The molecule has 27 heavy (non-hydrogen) atoms. The highest BCUT2D eigenvalue weighted by Crippen LogP contribution is 2.31. The number of carbonyl (C=O) groups is 2. The van der Waals surface area contributed by atoms with Crippen molar-refractivity contribution in [3.05, 3.63) is 82.3 Å². The average molecular weight is 365 g/mol. The highest BCUT2D eigenvalue weighted by molar-refractivity contribution is 6.00. The Bertz CT molecular complexity index is 989. The largest absolute Gasteiger partial charge is 0.456 e. The first kappa shape index (κ1) is 18.6. The molecule has 138 valence electrons. The molecular formula is C22H20FNO3. The van der Waals surface area contributed by atoms with E-state index in [2.05, 4.69) is 5.32 Å². The second-order valence-corrected chi connectivity index (χ2v) is 6.57. The van der Waals surface area contributed by atoms with Crippen molar-refractivity contribution in [2.24, 2.45) is 0 Å². The Morgan fingerprint density at radius 1 is 1.11 bits per heavy atom. The first-order chi connectivity index (χ1) is 12.8. The van der Waals surface area contributed by atoms with E-state index in [4.69, 9.17) is 4.74 Å². The van der Waals surface area contributed by atoms with Crippen LogP contribution in [-0.2, 0) is 4.79 Å². The number of ether oxygens (including phenoxy) is 1. The van der Waals surface area contributed by atoms with E-state index >= 15 is 0 Å². The Balaban J connectivity index is 1.93. The van der Waals surface area contributed by atoms with Crippen LogP contribution in [0, 0.1) is 26.6 Å². The van der Waals surface area contributed by atoms with Gasteiger partial charge < -0.3 is 10.1 Å². The third-order valence-electron chi connectivity index (χ3n) is 4.36. The summed E-state index contributed by atoms with van der Waals surface area (Å²) in [6, 6.07) is 7.71. The molecule has 1 aliphatic rings. The van der Waals surface area contributed by atoms with E-state index in [0.29, 0.717) is 17.9 Å². The van der Waals surface area contributed by atoms with Gasteiger partial charge in [-0.1, -0.05) is 12.1 Å².